The summed E-state index contributed by atoms with van der Waals surface area (Å²) in [5.41, 5.74) is 0. The van der Waals surface area contributed by atoms with Crippen molar-refractivity contribution < 1.29 is 0 Å². The molecule has 0 aromatic rings. The lowest BCUT2D eigenvalue weighted by molar-refractivity contribution is 0.0380. The van der Waals surface area contributed by atoms with Crippen molar-refractivity contribution in [2.75, 3.05) is 46.3 Å². The van der Waals surface area contributed by atoms with Gasteiger partial charge in [0.2, 0.25) is 0 Å². The molecule has 2 heterocycles. The zero-order valence-electron chi connectivity index (χ0n) is 12.5. The van der Waals surface area contributed by atoms with Crippen LogP contribution in [0, 0.1) is 11.8 Å². The van der Waals surface area contributed by atoms with Gasteiger partial charge in [-0.1, -0.05) is 20.3 Å². The van der Waals surface area contributed by atoms with E-state index in [0.29, 0.717) is 0 Å². The Morgan fingerprint density at radius 1 is 1.17 bits per heavy atom. The molecule has 0 radical (unpaired) electrons. The topological polar surface area (TPSA) is 18.5 Å². The average Bonchev–Trinajstić information content (AvgIpc) is 2.38. The number of hydrogen-bond acceptors (Lipinski definition) is 3. The molecule has 0 bridgehead atoms. The van der Waals surface area contributed by atoms with Crippen LogP contribution in [0.25, 0.3) is 0 Å². The smallest absolute Gasteiger partial charge is 0.0223 e. The van der Waals surface area contributed by atoms with Crippen molar-refractivity contribution >= 4 is 0 Å². The van der Waals surface area contributed by atoms with Crippen LogP contribution in [0.5, 0.6) is 0 Å². The van der Waals surface area contributed by atoms with Gasteiger partial charge in [0.15, 0.2) is 0 Å². The molecule has 3 heteroatoms. The fourth-order valence-electron chi connectivity index (χ4n) is 3.49. The minimum absolute atomic E-state index is 0.779. The minimum atomic E-state index is 0.779. The molecule has 106 valence electrons. The van der Waals surface area contributed by atoms with Crippen LogP contribution in [0.3, 0.4) is 0 Å². The third-order valence-corrected chi connectivity index (χ3v) is 4.82. The van der Waals surface area contributed by atoms with Crippen LogP contribution in [0.4, 0.5) is 0 Å². The lowest BCUT2D eigenvalue weighted by Crippen LogP contribution is -2.56. The van der Waals surface area contributed by atoms with Crippen molar-refractivity contribution in [1.82, 2.24) is 15.1 Å². The summed E-state index contributed by atoms with van der Waals surface area (Å²) in [6.45, 7) is 12.4. The average molecular weight is 253 g/mol. The Hall–Kier alpha value is -0.120. The summed E-state index contributed by atoms with van der Waals surface area (Å²) in [5.74, 6) is 1.58. The van der Waals surface area contributed by atoms with Crippen molar-refractivity contribution in [1.29, 1.82) is 0 Å². The molecule has 2 unspecified atom stereocenters. The fraction of sp³-hybridized carbons (Fsp3) is 1.00. The van der Waals surface area contributed by atoms with Gasteiger partial charge in [-0.15, -0.1) is 0 Å². The zero-order valence-corrected chi connectivity index (χ0v) is 12.5. The van der Waals surface area contributed by atoms with Crippen LogP contribution in [0.15, 0.2) is 0 Å². The highest BCUT2D eigenvalue weighted by Crippen LogP contribution is 2.22. The Labute approximate surface area is 113 Å². The van der Waals surface area contributed by atoms with Gasteiger partial charge < -0.3 is 10.2 Å². The summed E-state index contributed by atoms with van der Waals surface area (Å²) in [4.78, 5) is 5.44. The lowest BCUT2D eigenvalue weighted by Gasteiger charge is -2.45. The molecule has 2 fully saturated rings. The second kappa shape index (κ2) is 6.88. The Morgan fingerprint density at radius 2 is 2.00 bits per heavy atom. The maximum absolute atomic E-state index is 3.36. The number of nitrogens with zero attached hydrogens (tertiary/aromatic N) is 2. The van der Waals surface area contributed by atoms with Gasteiger partial charge >= 0.3 is 0 Å². The Balaban J connectivity index is 1.82. The second-order valence-electron chi connectivity index (χ2n) is 6.51. The summed E-state index contributed by atoms with van der Waals surface area (Å²) >= 11 is 0. The Bertz CT molecular complexity index is 242. The first kappa shape index (κ1) is 14.3. The highest BCUT2D eigenvalue weighted by molar-refractivity contribution is 4.86. The van der Waals surface area contributed by atoms with Gasteiger partial charge in [0.05, 0.1) is 0 Å². The van der Waals surface area contributed by atoms with Crippen molar-refractivity contribution in [2.45, 2.75) is 39.2 Å². The number of nitrogens with one attached hydrogen (secondary N) is 1. The maximum Gasteiger partial charge on any atom is 0.0223 e. The van der Waals surface area contributed by atoms with E-state index in [-0.39, 0.29) is 0 Å². The molecule has 0 aliphatic carbocycles. The molecular formula is C15H31N3. The SMILES string of the molecule is CNCC(CN1CCN2CCCCC2C1)C(C)C. The fourth-order valence-corrected chi connectivity index (χ4v) is 3.49. The number of fused-ring (bicyclic) bond motifs is 1. The molecule has 2 aliphatic rings. The van der Waals surface area contributed by atoms with Crippen LogP contribution < -0.4 is 5.32 Å². The molecule has 18 heavy (non-hydrogen) atoms. The van der Waals surface area contributed by atoms with E-state index in [2.05, 4.69) is 36.0 Å². The first-order chi connectivity index (χ1) is 8.70. The summed E-state index contributed by atoms with van der Waals surface area (Å²) in [6.07, 6.45) is 4.29. The lowest BCUT2D eigenvalue weighted by atomic mass is 9.93. The van der Waals surface area contributed by atoms with Crippen LogP contribution >= 0.6 is 0 Å². The molecule has 1 N–H and O–H groups in total. The van der Waals surface area contributed by atoms with Gasteiger partial charge in [0.1, 0.15) is 0 Å². The van der Waals surface area contributed by atoms with Crippen LogP contribution in [0.2, 0.25) is 0 Å². The number of rotatable bonds is 5. The number of piperidine rings is 1. The highest BCUT2D eigenvalue weighted by atomic mass is 15.3. The van der Waals surface area contributed by atoms with Gasteiger partial charge in [-0.05, 0) is 44.8 Å². The van der Waals surface area contributed by atoms with E-state index in [9.17, 15) is 0 Å². The van der Waals surface area contributed by atoms with E-state index in [0.717, 1.165) is 24.4 Å². The van der Waals surface area contributed by atoms with Crippen LogP contribution in [0.1, 0.15) is 33.1 Å². The third-order valence-electron chi connectivity index (χ3n) is 4.82. The molecule has 0 aromatic heterocycles. The normalized spacial score (nSPS) is 28.3. The molecular weight excluding hydrogens is 222 g/mol. The minimum Gasteiger partial charge on any atom is -0.319 e. The third kappa shape index (κ3) is 3.69. The quantitative estimate of drug-likeness (QED) is 0.804. The first-order valence-corrected chi connectivity index (χ1v) is 7.81. The van der Waals surface area contributed by atoms with Gasteiger partial charge in [0.25, 0.3) is 0 Å². The molecule has 2 aliphatic heterocycles. The Kier molecular flexibility index (Phi) is 5.46. The first-order valence-electron chi connectivity index (χ1n) is 7.81. The van der Waals surface area contributed by atoms with E-state index in [4.69, 9.17) is 0 Å². The van der Waals surface area contributed by atoms with Gasteiger partial charge in [-0.2, -0.15) is 0 Å². The highest BCUT2D eigenvalue weighted by Gasteiger charge is 2.30. The Morgan fingerprint density at radius 3 is 2.72 bits per heavy atom. The molecule has 3 nitrogen and oxygen atoms in total. The molecule has 0 amide bonds. The molecule has 0 saturated carbocycles. The predicted molar refractivity (Wildman–Crippen MR) is 77.9 cm³/mol. The van der Waals surface area contributed by atoms with Crippen molar-refractivity contribution in [3.8, 4) is 0 Å². The van der Waals surface area contributed by atoms with Crippen LogP contribution in [-0.2, 0) is 0 Å². The van der Waals surface area contributed by atoms with E-state index in [1.54, 1.807) is 0 Å². The van der Waals surface area contributed by atoms with E-state index in [1.165, 1.54) is 52.0 Å². The van der Waals surface area contributed by atoms with Crippen LogP contribution in [-0.4, -0.2) is 62.2 Å². The second-order valence-corrected chi connectivity index (χ2v) is 6.51. The van der Waals surface area contributed by atoms with Gasteiger partial charge in [0, 0.05) is 32.2 Å². The van der Waals surface area contributed by atoms with Crippen molar-refractivity contribution in [2.24, 2.45) is 11.8 Å². The zero-order chi connectivity index (χ0) is 13.0. The molecule has 0 aromatic carbocycles. The molecule has 0 spiro atoms. The van der Waals surface area contributed by atoms with E-state index in [1.807, 2.05) is 0 Å². The van der Waals surface area contributed by atoms with Gasteiger partial charge in [-0.3, -0.25) is 4.90 Å². The van der Waals surface area contributed by atoms with E-state index < -0.39 is 0 Å². The van der Waals surface area contributed by atoms with E-state index >= 15 is 0 Å². The summed E-state index contributed by atoms with van der Waals surface area (Å²) in [6, 6.07) is 0.856. The summed E-state index contributed by atoms with van der Waals surface area (Å²) in [7, 11) is 2.08. The number of hydrogen-bond donors (Lipinski definition) is 1. The monoisotopic (exact) mass is 253 g/mol. The largest absolute Gasteiger partial charge is 0.319 e. The molecule has 2 rings (SSSR count). The maximum atomic E-state index is 3.36. The molecule has 2 atom stereocenters. The van der Waals surface area contributed by atoms with Crippen molar-refractivity contribution in [3.05, 3.63) is 0 Å². The number of piperazine rings is 1. The summed E-state index contributed by atoms with van der Waals surface area (Å²) < 4.78 is 0. The van der Waals surface area contributed by atoms with Crippen molar-refractivity contribution in [3.63, 3.8) is 0 Å². The molecule has 2 saturated heterocycles. The standard InChI is InChI=1S/C15H31N3/c1-13(2)14(10-16-3)11-17-8-9-18-7-5-4-6-15(18)12-17/h13-16H,4-12H2,1-3H3. The van der Waals surface area contributed by atoms with Gasteiger partial charge in [-0.25, -0.2) is 0 Å². The predicted octanol–water partition coefficient (Wildman–Crippen LogP) is 1.65. The summed E-state index contributed by atoms with van der Waals surface area (Å²) in [5, 5.41) is 3.36.